The second kappa shape index (κ2) is 5.99. The maximum absolute atomic E-state index is 10.8. The molecule has 6 nitrogen and oxygen atoms in total. The molecular formula is C13H18N2O4. The van der Waals surface area contributed by atoms with E-state index in [1.165, 1.54) is 6.07 Å². The van der Waals surface area contributed by atoms with E-state index in [-0.39, 0.29) is 12.3 Å². The van der Waals surface area contributed by atoms with E-state index in [1.54, 1.807) is 19.1 Å². The standard InChI is InChI=1S/C13H18N2O4/c1-9-12(15(17)18)3-2-4-13(9)19-8-11(16)7-14-10-5-6-10/h2-4,10-11,14,16H,5-8H2,1H3. The molecule has 6 heteroatoms. The Kier molecular flexibility index (Phi) is 4.34. The number of nitrogens with one attached hydrogen (secondary N) is 1. The number of nitrogens with zero attached hydrogens (tertiary/aromatic N) is 1. The molecule has 0 saturated heterocycles. The Labute approximate surface area is 111 Å². The summed E-state index contributed by atoms with van der Waals surface area (Å²) in [7, 11) is 0. The molecular weight excluding hydrogens is 248 g/mol. The smallest absolute Gasteiger partial charge is 0.276 e. The van der Waals surface area contributed by atoms with Crippen LogP contribution in [0.15, 0.2) is 18.2 Å². The summed E-state index contributed by atoms with van der Waals surface area (Å²) in [4.78, 5) is 10.3. The summed E-state index contributed by atoms with van der Waals surface area (Å²) in [5.41, 5.74) is 0.512. The highest BCUT2D eigenvalue weighted by Crippen LogP contribution is 2.27. The first-order chi connectivity index (χ1) is 9.08. The number of nitro groups is 1. The molecule has 1 aliphatic rings. The second-order valence-corrected chi connectivity index (χ2v) is 4.80. The number of hydrogen-bond acceptors (Lipinski definition) is 5. The van der Waals surface area contributed by atoms with Crippen LogP contribution in [-0.2, 0) is 0 Å². The average molecular weight is 266 g/mol. The lowest BCUT2D eigenvalue weighted by Gasteiger charge is -2.14. The Balaban J connectivity index is 1.87. The van der Waals surface area contributed by atoms with Crippen LogP contribution in [0, 0.1) is 17.0 Å². The van der Waals surface area contributed by atoms with Crippen molar-refractivity contribution in [1.82, 2.24) is 5.32 Å². The summed E-state index contributed by atoms with van der Waals surface area (Å²) in [6, 6.07) is 5.22. The number of ether oxygens (including phenoxy) is 1. The highest BCUT2D eigenvalue weighted by Gasteiger charge is 2.21. The zero-order valence-corrected chi connectivity index (χ0v) is 10.8. The van der Waals surface area contributed by atoms with Crippen molar-refractivity contribution in [3.63, 3.8) is 0 Å². The highest BCUT2D eigenvalue weighted by molar-refractivity contribution is 5.48. The van der Waals surface area contributed by atoms with Gasteiger partial charge < -0.3 is 15.2 Å². The number of nitro benzene ring substituents is 1. The van der Waals surface area contributed by atoms with Crippen LogP contribution in [0.3, 0.4) is 0 Å². The van der Waals surface area contributed by atoms with Crippen molar-refractivity contribution in [1.29, 1.82) is 0 Å². The molecule has 1 aliphatic carbocycles. The summed E-state index contributed by atoms with van der Waals surface area (Å²) >= 11 is 0. The quantitative estimate of drug-likeness (QED) is 0.575. The molecule has 104 valence electrons. The molecule has 2 rings (SSSR count). The lowest BCUT2D eigenvalue weighted by Crippen LogP contribution is -2.32. The summed E-state index contributed by atoms with van der Waals surface area (Å²) in [5, 5.41) is 23.7. The van der Waals surface area contributed by atoms with Gasteiger partial charge in [0.05, 0.1) is 10.5 Å². The fraction of sp³-hybridized carbons (Fsp3) is 0.538. The number of hydrogen-bond donors (Lipinski definition) is 2. The molecule has 0 aliphatic heterocycles. The molecule has 19 heavy (non-hydrogen) atoms. The van der Waals surface area contributed by atoms with E-state index in [0.717, 1.165) is 12.8 Å². The number of benzene rings is 1. The summed E-state index contributed by atoms with van der Waals surface area (Å²) in [6.07, 6.45) is 1.72. The molecule has 0 aromatic heterocycles. The first-order valence-corrected chi connectivity index (χ1v) is 6.36. The third kappa shape index (κ3) is 3.90. The highest BCUT2D eigenvalue weighted by atomic mass is 16.6. The Hall–Kier alpha value is -1.66. The van der Waals surface area contributed by atoms with Gasteiger partial charge in [-0.3, -0.25) is 10.1 Å². The molecule has 0 heterocycles. The van der Waals surface area contributed by atoms with Crippen LogP contribution in [-0.4, -0.2) is 35.3 Å². The van der Waals surface area contributed by atoms with Crippen LogP contribution in [0.1, 0.15) is 18.4 Å². The van der Waals surface area contributed by atoms with Gasteiger partial charge in [0.1, 0.15) is 18.5 Å². The van der Waals surface area contributed by atoms with E-state index in [1.807, 2.05) is 0 Å². The normalized spacial score (nSPS) is 16.1. The van der Waals surface area contributed by atoms with Gasteiger partial charge >= 0.3 is 0 Å². The maximum Gasteiger partial charge on any atom is 0.276 e. The van der Waals surface area contributed by atoms with Crippen LogP contribution in [0.4, 0.5) is 5.69 Å². The Bertz CT molecular complexity index is 460. The van der Waals surface area contributed by atoms with Crippen LogP contribution >= 0.6 is 0 Å². The van der Waals surface area contributed by atoms with E-state index in [0.29, 0.717) is 23.9 Å². The predicted octanol–water partition coefficient (Wildman–Crippen LogP) is 1.39. The number of aliphatic hydroxyl groups is 1. The minimum atomic E-state index is -0.612. The first-order valence-electron chi connectivity index (χ1n) is 6.36. The van der Waals surface area contributed by atoms with Crippen molar-refractivity contribution in [3.8, 4) is 5.75 Å². The molecule has 1 fully saturated rings. The van der Waals surface area contributed by atoms with Crippen molar-refractivity contribution >= 4 is 5.69 Å². The van der Waals surface area contributed by atoms with Crippen LogP contribution in [0.2, 0.25) is 0 Å². The van der Waals surface area contributed by atoms with Crippen molar-refractivity contribution in [2.45, 2.75) is 31.9 Å². The van der Waals surface area contributed by atoms with E-state index in [9.17, 15) is 15.2 Å². The topological polar surface area (TPSA) is 84.6 Å². The van der Waals surface area contributed by atoms with Gasteiger partial charge in [-0.25, -0.2) is 0 Å². The number of aliphatic hydroxyl groups excluding tert-OH is 1. The minimum Gasteiger partial charge on any atom is -0.490 e. The molecule has 1 unspecified atom stereocenters. The summed E-state index contributed by atoms with van der Waals surface area (Å²) < 4.78 is 5.45. The third-order valence-corrected chi connectivity index (χ3v) is 3.10. The first kappa shape index (κ1) is 13.8. The molecule has 1 aromatic carbocycles. The van der Waals surface area contributed by atoms with E-state index >= 15 is 0 Å². The monoisotopic (exact) mass is 266 g/mol. The summed E-state index contributed by atoms with van der Waals surface area (Å²) in [6.45, 7) is 2.25. The molecule has 0 amide bonds. The predicted molar refractivity (Wildman–Crippen MR) is 70.4 cm³/mol. The molecule has 1 atom stereocenters. The fourth-order valence-electron chi connectivity index (χ4n) is 1.79. The van der Waals surface area contributed by atoms with Gasteiger partial charge in [0, 0.05) is 18.7 Å². The maximum atomic E-state index is 10.8. The van der Waals surface area contributed by atoms with Crippen LogP contribution < -0.4 is 10.1 Å². The van der Waals surface area contributed by atoms with Crippen molar-refractivity contribution in [2.24, 2.45) is 0 Å². The van der Waals surface area contributed by atoms with Gasteiger partial charge in [0.25, 0.3) is 5.69 Å². The zero-order chi connectivity index (χ0) is 13.8. The summed E-state index contributed by atoms with van der Waals surface area (Å²) in [5.74, 6) is 0.444. The third-order valence-electron chi connectivity index (χ3n) is 3.10. The SMILES string of the molecule is Cc1c(OCC(O)CNC2CC2)cccc1[N+](=O)[O-]. The lowest BCUT2D eigenvalue weighted by atomic mass is 10.2. The van der Waals surface area contributed by atoms with Gasteiger partial charge in [-0.1, -0.05) is 6.07 Å². The van der Waals surface area contributed by atoms with Gasteiger partial charge in [0.15, 0.2) is 0 Å². The van der Waals surface area contributed by atoms with Crippen molar-refractivity contribution < 1.29 is 14.8 Å². The van der Waals surface area contributed by atoms with E-state index in [2.05, 4.69) is 5.32 Å². The molecule has 1 aromatic rings. The Morgan fingerprint density at radius 1 is 1.58 bits per heavy atom. The van der Waals surface area contributed by atoms with Gasteiger partial charge in [-0.2, -0.15) is 0 Å². The minimum absolute atomic E-state index is 0.0306. The molecule has 0 spiro atoms. The molecule has 0 bridgehead atoms. The van der Waals surface area contributed by atoms with Gasteiger partial charge in [0.2, 0.25) is 0 Å². The number of rotatable bonds is 7. The molecule has 1 saturated carbocycles. The van der Waals surface area contributed by atoms with Crippen LogP contribution in [0.25, 0.3) is 0 Å². The molecule has 0 radical (unpaired) electrons. The lowest BCUT2D eigenvalue weighted by molar-refractivity contribution is -0.385. The van der Waals surface area contributed by atoms with Gasteiger partial charge in [-0.15, -0.1) is 0 Å². The van der Waals surface area contributed by atoms with Crippen molar-refractivity contribution in [3.05, 3.63) is 33.9 Å². The zero-order valence-electron chi connectivity index (χ0n) is 10.8. The fourth-order valence-corrected chi connectivity index (χ4v) is 1.79. The second-order valence-electron chi connectivity index (χ2n) is 4.80. The molecule has 2 N–H and O–H groups in total. The van der Waals surface area contributed by atoms with Crippen LogP contribution in [0.5, 0.6) is 5.75 Å². The Morgan fingerprint density at radius 3 is 2.95 bits per heavy atom. The van der Waals surface area contributed by atoms with Gasteiger partial charge in [-0.05, 0) is 25.8 Å². The van der Waals surface area contributed by atoms with E-state index in [4.69, 9.17) is 4.74 Å². The Morgan fingerprint density at radius 2 is 2.32 bits per heavy atom. The largest absolute Gasteiger partial charge is 0.490 e. The average Bonchev–Trinajstić information content (AvgIpc) is 3.18. The van der Waals surface area contributed by atoms with Crippen molar-refractivity contribution in [2.75, 3.05) is 13.2 Å². The van der Waals surface area contributed by atoms with E-state index < -0.39 is 11.0 Å².